The molecule has 3 aromatic heterocycles. The van der Waals surface area contributed by atoms with Crippen LogP contribution in [0.4, 0.5) is 0 Å². The van der Waals surface area contributed by atoms with Crippen molar-refractivity contribution in [2.24, 2.45) is 0 Å². The molecule has 5 heteroatoms. The van der Waals surface area contributed by atoms with Gasteiger partial charge >= 0.3 is 0 Å². The summed E-state index contributed by atoms with van der Waals surface area (Å²) < 4.78 is 8.78. The summed E-state index contributed by atoms with van der Waals surface area (Å²) in [7, 11) is 0. The molecule has 0 unspecified atom stereocenters. The van der Waals surface area contributed by atoms with Crippen molar-refractivity contribution in [2.75, 3.05) is 0 Å². The highest BCUT2D eigenvalue weighted by Crippen LogP contribution is 2.41. The maximum absolute atomic E-state index is 6.29. The van der Waals surface area contributed by atoms with Crippen molar-refractivity contribution >= 4 is 64.2 Å². The number of hydrogen-bond donors (Lipinski definition) is 0. The van der Waals surface area contributed by atoms with Crippen LogP contribution in [0.5, 0.6) is 0 Å². The van der Waals surface area contributed by atoms with E-state index in [1.165, 1.54) is 20.2 Å². The molecule has 48 heavy (non-hydrogen) atoms. The summed E-state index contributed by atoms with van der Waals surface area (Å²) in [5.74, 6) is 1.92. The summed E-state index contributed by atoms with van der Waals surface area (Å²) in [6, 6.07) is 52.7. The molecule has 3 heterocycles. The average Bonchev–Trinajstić information content (AvgIpc) is 3.73. The van der Waals surface area contributed by atoms with Gasteiger partial charge in [0.05, 0.1) is 0 Å². The Labute approximate surface area is 279 Å². The van der Waals surface area contributed by atoms with Crippen LogP contribution >= 0.6 is 11.3 Å². The SMILES string of the molecule is c1ccc(-c2nc(-c3cc(-c4cccc5oc6ccccc6c45)c4ccccc4c3)nc(-c3ccc4c(c3)sc3ccccc34)n2)cc1. The molecule has 224 valence electrons. The number of aromatic nitrogens is 3. The second kappa shape index (κ2) is 10.7. The topological polar surface area (TPSA) is 51.8 Å². The van der Waals surface area contributed by atoms with Gasteiger partial charge in [0, 0.05) is 47.6 Å². The normalized spacial score (nSPS) is 11.8. The van der Waals surface area contributed by atoms with Crippen molar-refractivity contribution < 1.29 is 4.42 Å². The van der Waals surface area contributed by atoms with E-state index >= 15 is 0 Å². The Bertz CT molecular complexity index is 2850. The van der Waals surface area contributed by atoms with E-state index in [1.807, 2.05) is 36.4 Å². The second-order valence-corrected chi connectivity index (χ2v) is 13.1. The van der Waals surface area contributed by atoms with Gasteiger partial charge in [-0.2, -0.15) is 0 Å². The third-order valence-electron chi connectivity index (χ3n) is 9.12. The quantitative estimate of drug-likeness (QED) is 0.194. The number of hydrogen-bond acceptors (Lipinski definition) is 5. The molecule has 4 nitrogen and oxygen atoms in total. The van der Waals surface area contributed by atoms with Crippen LogP contribution in [-0.4, -0.2) is 15.0 Å². The fourth-order valence-electron chi connectivity index (χ4n) is 6.88. The van der Waals surface area contributed by atoms with Gasteiger partial charge < -0.3 is 4.42 Å². The first-order chi connectivity index (χ1) is 23.8. The zero-order chi connectivity index (χ0) is 31.6. The Morgan fingerprint density at radius 3 is 1.94 bits per heavy atom. The highest BCUT2D eigenvalue weighted by atomic mass is 32.1. The van der Waals surface area contributed by atoms with Gasteiger partial charge in [-0.05, 0) is 58.3 Å². The number of thiophene rings is 1. The van der Waals surface area contributed by atoms with E-state index in [2.05, 4.69) is 115 Å². The summed E-state index contributed by atoms with van der Waals surface area (Å²) in [5, 5.41) is 7.00. The van der Waals surface area contributed by atoms with E-state index in [0.29, 0.717) is 17.5 Å². The fourth-order valence-corrected chi connectivity index (χ4v) is 8.02. The lowest BCUT2D eigenvalue weighted by Crippen LogP contribution is -2.00. The van der Waals surface area contributed by atoms with Gasteiger partial charge in [0.1, 0.15) is 11.2 Å². The molecule has 0 aliphatic carbocycles. The maximum atomic E-state index is 6.29. The fraction of sp³-hybridized carbons (Fsp3) is 0. The summed E-state index contributed by atoms with van der Waals surface area (Å²) in [6.07, 6.45) is 0. The van der Waals surface area contributed by atoms with Crippen LogP contribution in [0.1, 0.15) is 0 Å². The minimum absolute atomic E-state index is 0.631. The molecule has 0 spiro atoms. The van der Waals surface area contributed by atoms with Gasteiger partial charge in [-0.15, -0.1) is 11.3 Å². The Kier molecular flexibility index (Phi) is 6.01. The molecule has 0 bridgehead atoms. The summed E-state index contributed by atoms with van der Waals surface area (Å²) >= 11 is 1.80. The van der Waals surface area contributed by atoms with Crippen LogP contribution in [0.2, 0.25) is 0 Å². The summed E-state index contributed by atoms with van der Waals surface area (Å²) in [5.41, 5.74) is 6.81. The average molecular weight is 632 g/mol. The van der Waals surface area contributed by atoms with E-state index in [9.17, 15) is 0 Å². The molecule has 0 aliphatic heterocycles. The smallest absolute Gasteiger partial charge is 0.164 e. The lowest BCUT2D eigenvalue weighted by atomic mass is 9.92. The minimum Gasteiger partial charge on any atom is -0.456 e. The molecule has 0 N–H and O–H groups in total. The van der Waals surface area contributed by atoms with Gasteiger partial charge in [-0.25, -0.2) is 15.0 Å². The highest BCUT2D eigenvalue weighted by Gasteiger charge is 2.18. The molecule has 0 fully saturated rings. The number of benzene rings is 7. The highest BCUT2D eigenvalue weighted by molar-refractivity contribution is 7.25. The molecular weight excluding hydrogens is 607 g/mol. The number of nitrogens with zero attached hydrogens (tertiary/aromatic N) is 3. The predicted molar refractivity (Wildman–Crippen MR) is 199 cm³/mol. The van der Waals surface area contributed by atoms with Gasteiger partial charge in [0.25, 0.3) is 0 Å². The number of furan rings is 1. The Morgan fingerprint density at radius 1 is 0.396 bits per heavy atom. The molecule has 0 aliphatic rings. The van der Waals surface area contributed by atoms with Crippen molar-refractivity contribution in [3.8, 4) is 45.3 Å². The Morgan fingerprint density at radius 2 is 1.06 bits per heavy atom. The van der Waals surface area contributed by atoms with Crippen molar-refractivity contribution in [1.29, 1.82) is 0 Å². The van der Waals surface area contributed by atoms with E-state index in [-0.39, 0.29) is 0 Å². The Balaban J connectivity index is 1.22. The third-order valence-corrected chi connectivity index (χ3v) is 10.3. The molecule has 0 atom stereocenters. The van der Waals surface area contributed by atoms with E-state index < -0.39 is 0 Å². The molecule has 7 aromatic carbocycles. The van der Waals surface area contributed by atoms with Crippen LogP contribution in [0.15, 0.2) is 156 Å². The first-order valence-corrected chi connectivity index (χ1v) is 16.8. The second-order valence-electron chi connectivity index (χ2n) is 12.0. The number of fused-ring (bicyclic) bond motifs is 7. The first-order valence-electron chi connectivity index (χ1n) is 15.9. The van der Waals surface area contributed by atoms with Crippen LogP contribution in [0, 0.1) is 0 Å². The molecule has 0 radical (unpaired) electrons. The van der Waals surface area contributed by atoms with Crippen molar-refractivity contribution in [3.05, 3.63) is 152 Å². The van der Waals surface area contributed by atoms with Crippen LogP contribution in [-0.2, 0) is 0 Å². The van der Waals surface area contributed by atoms with E-state index in [4.69, 9.17) is 19.4 Å². The van der Waals surface area contributed by atoms with Gasteiger partial charge in [-0.1, -0.05) is 115 Å². The zero-order valence-electron chi connectivity index (χ0n) is 25.6. The predicted octanol–water partition coefficient (Wildman–Crippen LogP) is 12.0. The van der Waals surface area contributed by atoms with Crippen molar-refractivity contribution in [2.45, 2.75) is 0 Å². The molecular formula is C43H25N3OS. The van der Waals surface area contributed by atoms with Gasteiger partial charge in [0.2, 0.25) is 0 Å². The lowest BCUT2D eigenvalue weighted by Gasteiger charge is -2.13. The van der Waals surface area contributed by atoms with Gasteiger partial charge in [0.15, 0.2) is 17.5 Å². The van der Waals surface area contributed by atoms with Gasteiger partial charge in [-0.3, -0.25) is 0 Å². The maximum Gasteiger partial charge on any atom is 0.164 e. The van der Waals surface area contributed by atoms with E-state index in [1.54, 1.807) is 11.3 Å². The van der Waals surface area contributed by atoms with Crippen LogP contribution < -0.4 is 0 Å². The summed E-state index contributed by atoms with van der Waals surface area (Å²) in [4.78, 5) is 15.3. The number of para-hydroxylation sites is 1. The summed E-state index contributed by atoms with van der Waals surface area (Å²) in [6.45, 7) is 0. The minimum atomic E-state index is 0.631. The molecule has 10 aromatic rings. The monoisotopic (exact) mass is 631 g/mol. The van der Waals surface area contributed by atoms with Crippen LogP contribution in [0.3, 0.4) is 0 Å². The molecule has 0 saturated carbocycles. The van der Waals surface area contributed by atoms with Crippen molar-refractivity contribution in [1.82, 2.24) is 15.0 Å². The zero-order valence-corrected chi connectivity index (χ0v) is 26.4. The first kappa shape index (κ1) is 27.0. The standard InChI is InChI=1S/C43H25N3OS/c1-2-11-26(12-3-1)41-44-42(28-21-22-32-31-15-7-9-20-38(31)48-39(32)25-28)46-43(45-41)29-23-27-13-4-5-14-30(27)35(24-29)33-17-10-19-37-40(33)34-16-6-8-18-36(34)47-37/h1-25H. The van der Waals surface area contributed by atoms with Crippen molar-refractivity contribution in [3.63, 3.8) is 0 Å². The molecule has 0 saturated heterocycles. The van der Waals surface area contributed by atoms with E-state index in [0.717, 1.165) is 60.5 Å². The van der Waals surface area contributed by atoms with Crippen LogP contribution in [0.25, 0.3) is 98.2 Å². The largest absolute Gasteiger partial charge is 0.456 e. The lowest BCUT2D eigenvalue weighted by molar-refractivity contribution is 0.669. The number of rotatable bonds is 4. The molecule has 0 amide bonds. The molecule has 10 rings (SSSR count). The third kappa shape index (κ3) is 4.33. The Hall–Kier alpha value is -6.17.